The van der Waals surface area contributed by atoms with Crippen molar-refractivity contribution in [3.8, 4) is 0 Å². The highest BCUT2D eigenvalue weighted by Crippen LogP contribution is 2.13. The van der Waals surface area contributed by atoms with Gasteiger partial charge in [-0.05, 0) is 18.9 Å². The summed E-state index contributed by atoms with van der Waals surface area (Å²) in [6, 6.07) is 4.40. The first-order chi connectivity index (χ1) is 11.3. The van der Waals surface area contributed by atoms with Crippen LogP contribution in [0.4, 0.5) is 0 Å². The van der Waals surface area contributed by atoms with Crippen LogP contribution in [0.5, 0.6) is 0 Å². The molecule has 0 bridgehead atoms. The third-order valence-electron chi connectivity index (χ3n) is 4.82. The van der Waals surface area contributed by atoms with Crippen molar-refractivity contribution < 1.29 is 4.57 Å². The number of unbranched alkanes of at least 4 members (excludes halogenated alkanes) is 13. The van der Waals surface area contributed by atoms with Gasteiger partial charge in [0.05, 0.1) is 0 Å². The molecule has 1 heteroatoms. The standard InChI is InChI=1S/C22H40N/c1-3-4-5-6-7-8-9-10-11-12-13-14-15-16-18-22-19-17-20-23(2)21-22/h17,19-21H,3-16,18H2,1-2H3/q+1. The maximum absolute atomic E-state index is 2.29. The van der Waals surface area contributed by atoms with Crippen LogP contribution in [-0.2, 0) is 13.5 Å². The van der Waals surface area contributed by atoms with Crippen LogP contribution >= 0.6 is 0 Å². The van der Waals surface area contributed by atoms with Gasteiger partial charge < -0.3 is 0 Å². The molecular weight excluding hydrogens is 278 g/mol. The Kier molecular flexibility index (Phi) is 12.9. The summed E-state index contributed by atoms with van der Waals surface area (Å²) in [4.78, 5) is 0. The molecule has 0 fully saturated rings. The zero-order valence-electron chi connectivity index (χ0n) is 15.9. The molecule has 0 aliphatic carbocycles. The highest BCUT2D eigenvalue weighted by atomic mass is 14.9. The van der Waals surface area contributed by atoms with Gasteiger partial charge in [-0.15, -0.1) is 0 Å². The molecule has 1 heterocycles. The fourth-order valence-electron chi connectivity index (χ4n) is 3.32. The Hall–Kier alpha value is -0.850. The van der Waals surface area contributed by atoms with Crippen molar-refractivity contribution in [2.45, 2.75) is 103 Å². The predicted octanol–water partition coefficient (Wildman–Crippen LogP) is 6.53. The summed E-state index contributed by atoms with van der Waals surface area (Å²) in [6.07, 6.45) is 25.7. The van der Waals surface area contributed by atoms with Crippen LogP contribution in [0.15, 0.2) is 24.5 Å². The minimum Gasteiger partial charge on any atom is -0.208 e. The van der Waals surface area contributed by atoms with Crippen LogP contribution < -0.4 is 4.57 Å². The number of pyridine rings is 1. The van der Waals surface area contributed by atoms with Crippen LogP contribution in [0.25, 0.3) is 0 Å². The van der Waals surface area contributed by atoms with Crippen molar-refractivity contribution in [2.75, 3.05) is 0 Å². The van der Waals surface area contributed by atoms with Crippen molar-refractivity contribution in [3.05, 3.63) is 30.1 Å². The van der Waals surface area contributed by atoms with Crippen molar-refractivity contribution in [3.63, 3.8) is 0 Å². The van der Waals surface area contributed by atoms with E-state index in [0.29, 0.717) is 0 Å². The average molecular weight is 319 g/mol. The largest absolute Gasteiger partial charge is 0.208 e. The van der Waals surface area contributed by atoms with Gasteiger partial charge in [-0.2, -0.15) is 0 Å². The lowest BCUT2D eigenvalue weighted by Crippen LogP contribution is -2.26. The zero-order chi connectivity index (χ0) is 16.6. The first kappa shape index (κ1) is 20.2. The lowest BCUT2D eigenvalue weighted by atomic mass is 10.0. The second-order valence-electron chi connectivity index (χ2n) is 7.22. The summed E-state index contributed by atoms with van der Waals surface area (Å²) < 4.78 is 2.15. The maximum atomic E-state index is 2.29. The summed E-state index contributed by atoms with van der Waals surface area (Å²) in [5.74, 6) is 0. The van der Waals surface area contributed by atoms with Gasteiger partial charge in [0.15, 0.2) is 12.4 Å². The second-order valence-corrected chi connectivity index (χ2v) is 7.22. The molecule has 0 N–H and O–H groups in total. The van der Waals surface area contributed by atoms with Crippen LogP contribution in [0, 0.1) is 0 Å². The Morgan fingerprint density at radius 2 is 1.17 bits per heavy atom. The molecule has 1 rings (SSSR count). The molecule has 0 aromatic carbocycles. The van der Waals surface area contributed by atoms with E-state index in [1.165, 1.54) is 102 Å². The van der Waals surface area contributed by atoms with Crippen LogP contribution in [0.2, 0.25) is 0 Å². The normalized spacial score (nSPS) is 11.0. The lowest BCUT2D eigenvalue weighted by molar-refractivity contribution is -0.671. The summed E-state index contributed by atoms with van der Waals surface area (Å²) in [5, 5.41) is 0. The topological polar surface area (TPSA) is 3.88 Å². The Balaban J connectivity index is 1.78. The molecule has 0 saturated carbocycles. The van der Waals surface area contributed by atoms with E-state index in [-0.39, 0.29) is 0 Å². The Labute approximate surface area is 145 Å². The molecule has 1 nitrogen and oxygen atoms in total. The molecule has 0 saturated heterocycles. The molecule has 0 atom stereocenters. The van der Waals surface area contributed by atoms with Crippen LogP contribution in [0.3, 0.4) is 0 Å². The van der Waals surface area contributed by atoms with E-state index in [9.17, 15) is 0 Å². The number of nitrogens with zero attached hydrogens (tertiary/aromatic N) is 1. The van der Waals surface area contributed by atoms with Gasteiger partial charge in [-0.1, -0.05) is 90.4 Å². The average Bonchev–Trinajstić information content (AvgIpc) is 2.55. The first-order valence-corrected chi connectivity index (χ1v) is 10.3. The van der Waals surface area contributed by atoms with Gasteiger partial charge in [0, 0.05) is 11.6 Å². The van der Waals surface area contributed by atoms with E-state index in [4.69, 9.17) is 0 Å². The zero-order valence-corrected chi connectivity index (χ0v) is 15.9. The monoisotopic (exact) mass is 318 g/mol. The Morgan fingerprint density at radius 3 is 1.65 bits per heavy atom. The molecule has 0 amide bonds. The smallest absolute Gasteiger partial charge is 0.171 e. The summed E-state index contributed by atoms with van der Waals surface area (Å²) in [6.45, 7) is 2.29. The van der Waals surface area contributed by atoms with Gasteiger partial charge in [-0.25, -0.2) is 4.57 Å². The van der Waals surface area contributed by atoms with Gasteiger partial charge in [0.2, 0.25) is 0 Å². The van der Waals surface area contributed by atoms with Crippen molar-refractivity contribution in [1.29, 1.82) is 0 Å². The minimum absolute atomic E-state index is 1.24. The first-order valence-electron chi connectivity index (χ1n) is 10.3. The predicted molar refractivity (Wildman–Crippen MR) is 102 cm³/mol. The SMILES string of the molecule is CCCCCCCCCCCCCCCCc1ccc[n+](C)c1. The molecule has 0 aliphatic heterocycles. The maximum Gasteiger partial charge on any atom is 0.171 e. The van der Waals surface area contributed by atoms with Crippen LogP contribution in [-0.4, -0.2) is 0 Å². The third-order valence-corrected chi connectivity index (χ3v) is 4.82. The third kappa shape index (κ3) is 12.3. The van der Waals surface area contributed by atoms with Gasteiger partial charge in [-0.3, -0.25) is 0 Å². The highest BCUT2D eigenvalue weighted by Gasteiger charge is 1.98. The van der Waals surface area contributed by atoms with Crippen molar-refractivity contribution >= 4 is 0 Å². The van der Waals surface area contributed by atoms with E-state index < -0.39 is 0 Å². The summed E-state index contributed by atoms with van der Waals surface area (Å²) in [7, 11) is 2.11. The number of rotatable bonds is 15. The molecule has 0 unspecified atom stereocenters. The van der Waals surface area contributed by atoms with E-state index in [1.54, 1.807) is 0 Å². The van der Waals surface area contributed by atoms with Gasteiger partial charge >= 0.3 is 0 Å². The van der Waals surface area contributed by atoms with Crippen LogP contribution in [0.1, 0.15) is 102 Å². The number of aryl methyl sites for hydroxylation is 2. The molecule has 0 spiro atoms. The molecule has 132 valence electrons. The van der Waals surface area contributed by atoms with E-state index >= 15 is 0 Å². The number of hydrogen-bond acceptors (Lipinski definition) is 0. The summed E-state index contributed by atoms with van der Waals surface area (Å²) in [5.41, 5.74) is 1.48. The molecule has 0 radical (unpaired) electrons. The van der Waals surface area contributed by atoms with Crippen molar-refractivity contribution in [1.82, 2.24) is 0 Å². The Morgan fingerprint density at radius 1 is 0.696 bits per heavy atom. The quantitative estimate of drug-likeness (QED) is 0.255. The highest BCUT2D eigenvalue weighted by molar-refractivity contribution is 5.05. The number of aromatic nitrogens is 1. The summed E-state index contributed by atoms with van der Waals surface area (Å²) >= 11 is 0. The minimum atomic E-state index is 1.24. The molecule has 1 aromatic rings. The lowest BCUT2D eigenvalue weighted by Gasteiger charge is -2.03. The van der Waals surface area contributed by atoms with Crippen molar-refractivity contribution in [2.24, 2.45) is 7.05 Å². The van der Waals surface area contributed by atoms with E-state index in [2.05, 4.69) is 43.1 Å². The fraction of sp³-hybridized carbons (Fsp3) is 0.773. The fourth-order valence-corrected chi connectivity index (χ4v) is 3.32. The van der Waals surface area contributed by atoms with Gasteiger partial charge in [0.1, 0.15) is 7.05 Å². The molecule has 0 aliphatic rings. The molecule has 23 heavy (non-hydrogen) atoms. The van der Waals surface area contributed by atoms with E-state index in [1.807, 2.05) is 0 Å². The van der Waals surface area contributed by atoms with Gasteiger partial charge in [0.25, 0.3) is 0 Å². The molecular formula is C22H40N+. The molecule has 1 aromatic heterocycles. The second kappa shape index (κ2) is 14.7. The Bertz CT molecular complexity index is 372. The van der Waals surface area contributed by atoms with E-state index in [0.717, 1.165) is 0 Å². The number of hydrogen-bond donors (Lipinski definition) is 0.